The maximum absolute atomic E-state index is 3.72. The summed E-state index contributed by atoms with van der Waals surface area (Å²) in [7, 11) is 0. The minimum absolute atomic E-state index is 0.543. The van der Waals surface area contributed by atoms with Crippen molar-refractivity contribution in [3.63, 3.8) is 0 Å². The van der Waals surface area contributed by atoms with Gasteiger partial charge < -0.3 is 5.32 Å². The van der Waals surface area contributed by atoms with Gasteiger partial charge in [-0.25, -0.2) is 0 Å². The highest BCUT2D eigenvalue weighted by Gasteiger charge is 2.18. The van der Waals surface area contributed by atoms with E-state index < -0.39 is 0 Å². The van der Waals surface area contributed by atoms with Gasteiger partial charge in [0, 0.05) is 16.2 Å². The monoisotopic (exact) mass is 343 g/mol. The van der Waals surface area contributed by atoms with Gasteiger partial charge in [-0.3, -0.25) is 0 Å². The van der Waals surface area contributed by atoms with Crippen LogP contribution in [0.4, 0.5) is 5.69 Å². The molecule has 0 saturated heterocycles. The first-order chi connectivity index (χ1) is 10.1. The highest BCUT2D eigenvalue weighted by molar-refractivity contribution is 9.10. The molecule has 110 valence electrons. The zero-order valence-corrected chi connectivity index (χ0v) is 14.3. The van der Waals surface area contributed by atoms with Crippen LogP contribution in [0.5, 0.6) is 0 Å². The van der Waals surface area contributed by atoms with Gasteiger partial charge in [-0.2, -0.15) is 0 Å². The van der Waals surface area contributed by atoms with E-state index in [1.807, 2.05) is 0 Å². The van der Waals surface area contributed by atoms with Crippen molar-refractivity contribution in [3.05, 3.63) is 63.6 Å². The van der Waals surface area contributed by atoms with Crippen LogP contribution in [0.25, 0.3) is 0 Å². The predicted octanol–water partition coefficient (Wildman–Crippen LogP) is 5.54. The van der Waals surface area contributed by atoms with Gasteiger partial charge in [0.25, 0.3) is 0 Å². The Morgan fingerprint density at radius 1 is 1.10 bits per heavy atom. The Morgan fingerprint density at radius 2 is 1.95 bits per heavy atom. The van der Waals surface area contributed by atoms with Crippen molar-refractivity contribution in [2.45, 2.75) is 45.1 Å². The first-order valence-electron chi connectivity index (χ1n) is 7.75. The van der Waals surface area contributed by atoms with Crippen molar-refractivity contribution in [1.82, 2.24) is 0 Å². The number of nitrogens with one attached hydrogen (secondary N) is 1. The van der Waals surface area contributed by atoms with Gasteiger partial charge in [0.05, 0.1) is 0 Å². The fourth-order valence-electron chi connectivity index (χ4n) is 3.07. The second kappa shape index (κ2) is 6.23. The maximum Gasteiger partial charge on any atom is 0.0345 e. The third kappa shape index (κ3) is 3.49. The van der Waals surface area contributed by atoms with Gasteiger partial charge in [-0.05, 0) is 66.1 Å². The summed E-state index contributed by atoms with van der Waals surface area (Å²) in [5.41, 5.74) is 5.65. The van der Waals surface area contributed by atoms with E-state index in [9.17, 15) is 0 Å². The van der Waals surface area contributed by atoms with Gasteiger partial charge in [0.15, 0.2) is 0 Å². The summed E-state index contributed by atoms with van der Waals surface area (Å²) < 4.78 is 1.19. The van der Waals surface area contributed by atoms with Gasteiger partial charge in [0.1, 0.15) is 0 Å². The quantitative estimate of drug-likeness (QED) is 0.771. The van der Waals surface area contributed by atoms with Gasteiger partial charge in [-0.1, -0.05) is 48.0 Å². The molecule has 0 spiro atoms. The number of halogens is 1. The van der Waals surface area contributed by atoms with Crippen LogP contribution in [-0.2, 0) is 12.8 Å². The Hall–Kier alpha value is -1.28. The molecule has 1 aliphatic rings. The highest BCUT2D eigenvalue weighted by Crippen LogP contribution is 2.27. The van der Waals surface area contributed by atoms with Crippen LogP contribution < -0.4 is 5.32 Å². The van der Waals surface area contributed by atoms with Crippen molar-refractivity contribution in [1.29, 1.82) is 0 Å². The molecule has 21 heavy (non-hydrogen) atoms. The molecule has 1 atom stereocenters. The van der Waals surface area contributed by atoms with Crippen LogP contribution in [0.1, 0.15) is 42.9 Å². The molecule has 1 aliphatic carbocycles. The van der Waals surface area contributed by atoms with E-state index in [0.717, 1.165) is 12.8 Å². The fraction of sp³-hybridized carbons (Fsp3) is 0.368. The lowest BCUT2D eigenvalue weighted by Gasteiger charge is -2.27. The molecule has 2 aromatic carbocycles. The normalized spacial score (nSPS) is 17.6. The van der Waals surface area contributed by atoms with E-state index >= 15 is 0 Å². The second-order valence-electron chi connectivity index (χ2n) is 6.28. The molecule has 0 aliphatic heterocycles. The number of rotatable bonds is 3. The molecule has 0 bridgehead atoms. The number of hydrogen-bond donors (Lipinski definition) is 1. The minimum atomic E-state index is 0.543. The van der Waals surface area contributed by atoms with Crippen molar-refractivity contribution in [3.8, 4) is 0 Å². The van der Waals surface area contributed by atoms with E-state index in [1.54, 1.807) is 0 Å². The van der Waals surface area contributed by atoms with E-state index in [2.05, 4.69) is 77.6 Å². The Labute approximate surface area is 135 Å². The first-order valence-corrected chi connectivity index (χ1v) is 8.55. The first kappa shape index (κ1) is 14.6. The molecule has 2 aromatic rings. The van der Waals surface area contributed by atoms with E-state index in [4.69, 9.17) is 0 Å². The van der Waals surface area contributed by atoms with Crippen molar-refractivity contribution < 1.29 is 0 Å². The number of benzene rings is 2. The lowest BCUT2D eigenvalue weighted by molar-refractivity contribution is 0.610. The largest absolute Gasteiger partial charge is 0.382 e. The molecule has 3 rings (SSSR count). The zero-order chi connectivity index (χ0) is 14.8. The van der Waals surface area contributed by atoms with Crippen LogP contribution in [-0.4, -0.2) is 6.04 Å². The minimum Gasteiger partial charge on any atom is -0.382 e. The molecule has 0 saturated carbocycles. The van der Waals surface area contributed by atoms with E-state index in [0.29, 0.717) is 12.0 Å². The molecular weight excluding hydrogens is 322 g/mol. The molecule has 2 heteroatoms. The van der Waals surface area contributed by atoms with Crippen LogP contribution in [0.3, 0.4) is 0 Å². The molecule has 1 N–H and O–H groups in total. The molecule has 1 nitrogen and oxygen atoms in total. The summed E-state index contributed by atoms with van der Waals surface area (Å²) in [5.74, 6) is 0.580. The van der Waals surface area contributed by atoms with Crippen LogP contribution in [0.2, 0.25) is 0 Å². The van der Waals surface area contributed by atoms with Crippen molar-refractivity contribution in [2.24, 2.45) is 0 Å². The topological polar surface area (TPSA) is 12.0 Å². The van der Waals surface area contributed by atoms with Crippen LogP contribution >= 0.6 is 15.9 Å². The van der Waals surface area contributed by atoms with E-state index in [1.165, 1.54) is 33.3 Å². The number of aryl methyl sites for hydroxylation is 1. The summed E-state index contributed by atoms with van der Waals surface area (Å²) in [6.07, 6.45) is 3.49. The van der Waals surface area contributed by atoms with Crippen LogP contribution in [0.15, 0.2) is 46.9 Å². The molecule has 0 aromatic heterocycles. The number of hydrogen-bond acceptors (Lipinski definition) is 1. The lowest BCUT2D eigenvalue weighted by atomic mass is 9.88. The van der Waals surface area contributed by atoms with Crippen LogP contribution in [0, 0.1) is 0 Å². The fourth-order valence-corrected chi connectivity index (χ4v) is 3.48. The number of anilines is 1. The SMILES string of the molecule is CC(C)c1cccc(NC2CCc3cc(Br)ccc3C2)c1. The third-order valence-corrected chi connectivity index (χ3v) is 4.81. The van der Waals surface area contributed by atoms with Gasteiger partial charge in [-0.15, -0.1) is 0 Å². The summed E-state index contributed by atoms with van der Waals surface area (Å²) in [6, 6.07) is 16.1. The molecule has 1 unspecified atom stereocenters. The third-order valence-electron chi connectivity index (χ3n) is 4.32. The van der Waals surface area contributed by atoms with Gasteiger partial charge >= 0.3 is 0 Å². The smallest absolute Gasteiger partial charge is 0.0345 e. The summed E-state index contributed by atoms with van der Waals surface area (Å²) in [4.78, 5) is 0. The Bertz CT molecular complexity index is 633. The molecular formula is C19H22BrN. The standard InChI is InChI=1S/C19H22BrN/c1-13(2)14-4-3-5-18(11-14)21-19-9-7-15-10-17(20)8-6-16(15)12-19/h3-6,8,10-11,13,19,21H,7,9,12H2,1-2H3. The summed E-state index contributed by atoms with van der Waals surface area (Å²) in [5, 5.41) is 3.72. The molecule has 0 amide bonds. The Kier molecular flexibility index (Phi) is 4.34. The Balaban J connectivity index is 1.72. The highest BCUT2D eigenvalue weighted by atomic mass is 79.9. The van der Waals surface area contributed by atoms with E-state index in [-0.39, 0.29) is 0 Å². The average Bonchev–Trinajstić information content (AvgIpc) is 2.48. The lowest BCUT2D eigenvalue weighted by Crippen LogP contribution is -2.27. The average molecular weight is 344 g/mol. The number of fused-ring (bicyclic) bond motifs is 1. The van der Waals surface area contributed by atoms with Crippen molar-refractivity contribution in [2.75, 3.05) is 5.32 Å². The zero-order valence-electron chi connectivity index (χ0n) is 12.7. The Morgan fingerprint density at radius 3 is 2.76 bits per heavy atom. The molecule has 0 radical (unpaired) electrons. The maximum atomic E-state index is 3.72. The predicted molar refractivity (Wildman–Crippen MR) is 94.1 cm³/mol. The molecule has 0 heterocycles. The molecule has 0 fully saturated rings. The van der Waals surface area contributed by atoms with Gasteiger partial charge in [0.2, 0.25) is 0 Å². The summed E-state index contributed by atoms with van der Waals surface area (Å²) in [6.45, 7) is 4.49. The summed E-state index contributed by atoms with van der Waals surface area (Å²) >= 11 is 3.57. The second-order valence-corrected chi connectivity index (χ2v) is 7.19. The van der Waals surface area contributed by atoms with Crippen molar-refractivity contribution >= 4 is 21.6 Å².